The molecule has 0 bridgehead atoms. The molecule has 17 heteroatoms. The summed E-state index contributed by atoms with van der Waals surface area (Å²) in [7, 11) is -2.37. The number of likely N-dealkylation sites (tertiary alicyclic amines) is 1. The standard InChI is InChI=1S/C41H48ClN5O9S2/c1-9-21-19-41(21,37(50)46-58(52,53)25-12-13-25)45-34(48)29-18-24(20-47(29)36(49)33(39(2,3)4)44-38(51)56-40(5,6)7)55-35-27-17-23(54-8)11-14-26(27)32-31(43-35)28-16-22(42)10-15-30(28)57-32/h9-11,14-17,21,24-25,29,33H,1,12-13,18-20H2,2-8H3,(H,44,51)(H,45,48)(H,46,50)/t21-,24-,29+,33-,41-/m1/s1. The predicted octanol–water partition coefficient (Wildman–Crippen LogP) is 6.22. The van der Waals surface area contributed by atoms with Crippen molar-refractivity contribution in [2.24, 2.45) is 11.3 Å². The van der Waals surface area contributed by atoms with Crippen molar-refractivity contribution in [2.45, 2.75) is 102 Å². The van der Waals surface area contributed by atoms with Gasteiger partial charge in [-0.1, -0.05) is 38.4 Å². The van der Waals surface area contributed by atoms with Gasteiger partial charge in [0.1, 0.15) is 35.1 Å². The predicted molar refractivity (Wildman–Crippen MR) is 223 cm³/mol. The number of carbonyl (C=O) groups excluding carboxylic acids is 4. The second-order valence-corrected chi connectivity index (χ2v) is 20.8. The third-order valence-corrected chi connectivity index (χ3v) is 13.9. The van der Waals surface area contributed by atoms with E-state index in [1.807, 2.05) is 36.4 Å². The van der Waals surface area contributed by atoms with Crippen LogP contribution in [0, 0.1) is 11.3 Å². The molecule has 310 valence electrons. The highest BCUT2D eigenvalue weighted by Gasteiger charge is 2.62. The van der Waals surface area contributed by atoms with E-state index >= 15 is 0 Å². The van der Waals surface area contributed by atoms with Gasteiger partial charge in [-0.15, -0.1) is 17.9 Å². The molecular formula is C41H48ClN5O9S2. The molecule has 2 aromatic carbocycles. The molecule has 2 saturated carbocycles. The minimum atomic E-state index is -3.93. The van der Waals surface area contributed by atoms with Crippen LogP contribution in [0.2, 0.25) is 5.02 Å². The summed E-state index contributed by atoms with van der Waals surface area (Å²) in [6.07, 6.45) is 0.864. The first-order chi connectivity index (χ1) is 27.1. The zero-order chi connectivity index (χ0) is 42.1. The van der Waals surface area contributed by atoms with E-state index in [1.54, 1.807) is 60.0 Å². The summed E-state index contributed by atoms with van der Waals surface area (Å²) < 4.78 is 47.4. The third kappa shape index (κ3) is 8.15. The Morgan fingerprint density at radius 1 is 1.05 bits per heavy atom. The van der Waals surface area contributed by atoms with Crippen molar-refractivity contribution >= 4 is 87.9 Å². The first kappa shape index (κ1) is 41.5. The number of alkyl carbamates (subject to hydrolysis) is 1. The molecule has 2 aromatic heterocycles. The summed E-state index contributed by atoms with van der Waals surface area (Å²) >= 11 is 7.98. The number of rotatable bonds is 11. The van der Waals surface area contributed by atoms with Crippen LogP contribution in [-0.2, 0) is 29.1 Å². The van der Waals surface area contributed by atoms with Crippen LogP contribution < -0.4 is 24.8 Å². The number of carbonyl (C=O) groups is 4. The van der Waals surface area contributed by atoms with E-state index in [-0.39, 0.29) is 25.3 Å². The lowest BCUT2D eigenvalue weighted by Crippen LogP contribution is -2.60. The quantitative estimate of drug-likeness (QED) is 0.147. The Bertz CT molecular complexity index is 2470. The number of hydrogen-bond donors (Lipinski definition) is 3. The Kier molecular flexibility index (Phi) is 10.6. The minimum Gasteiger partial charge on any atom is -0.497 e. The van der Waals surface area contributed by atoms with Crippen LogP contribution in [0.1, 0.15) is 67.2 Å². The van der Waals surface area contributed by atoms with Gasteiger partial charge in [0.15, 0.2) is 0 Å². The molecule has 3 N–H and O–H groups in total. The Labute approximate surface area is 346 Å². The maximum absolute atomic E-state index is 14.7. The average molecular weight is 854 g/mol. The number of methoxy groups -OCH3 is 1. The Balaban J connectivity index is 1.26. The Morgan fingerprint density at radius 3 is 2.40 bits per heavy atom. The number of pyridine rings is 1. The van der Waals surface area contributed by atoms with Crippen molar-refractivity contribution in [1.29, 1.82) is 0 Å². The van der Waals surface area contributed by atoms with Gasteiger partial charge < -0.3 is 29.7 Å². The van der Waals surface area contributed by atoms with E-state index in [0.29, 0.717) is 34.5 Å². The number of nitrogens with zero attached hydrogens (tertiary/aromatic N) is 2. The van der Waals surface area contributed by atoms with Crippen molar-refractivity contribution in [3.63, 3.8) is 0 Å². The highest BCUT2D eigenvalue weighted by atomic mass is 35.5. The van der Waals surface area contributed by atoms with Gasteiger partial charge in [0, 0.05) is 38.2 Å². The van der Waals surface area contributed by atoms with Crippen molar-refractivity contribution in [1.82, 2.24) is 25.2 Å². The molecule has 4 amide bonds. The molecule has 5 atom stereocenters. The number of ether oxygens (including phenoxy) is 3. The normalized spacial score (nSPS) is 22.7. The van der Waals surface area contributed by atoms with E-state index in [0.717, 1.165) is 20.2 Å². The lowest BCUT2D eigenvalue weighted by Gasteiger charge is -2.36. The van der Waals surface area contributed by atoms with Crippen LogP contribution in [0.25, 0.3) is 31.1 Å². The molecule has 1 saturated heterocycles. The maximum Gasteiger partial charge on any atom is 0.408 e. The van der Waals surface area contributed by atoms with Crippen LogP contribution >= 0.6 is 22.9 Å². The second-order valence-electron chi connectivity index (χ2n) is 17.4. The van der Waals surface area contributed by atoms with Gasteiger partial charge in [-0.25, -0.2) is 18.2 Å². The van der Waals surface area contributed by atoms with Gasteiger partial charge >= 0.3 is 6.09 Å². The molecule has 14 nitrogen and oxygen atoms in total. The highest BCUT2D eigenvalue weighted by Crippen LogP contribution is 2.46. The van der Waals surface area contributed by atoms with Crippen LogP contribution in [0.15, 0.2) is 49.1 Å². The zero-order valence-electron chi connectivity index (χ0n) is 33.4. The summed E-state index contributed by atoms with van der Waals surface area (Å²) in [5.41, 5.74) is -2.62. The molecule has 3 aliphatic rings. The molecule has 1 aliphatic heterocycles. The maximum atomic E-state index is 14.7. The number of benzene rings is 2. The zero-order valence-corrected chi connectivity index (χ0v) is 35.8. The first-order valence-corrected chi connectivity index (χ1v) is 21.8. The molecule has 0 unspecified atom stereocenters. The van der Waals surface area contributed by atoms with Gasteiger partial charge in [-0.05, 0) is 81.8 Å². The monoisotopic (exact) mass is 853 g/mol. The summed E-state index contributed by atoms with van der Waals surface area (Å²) in [6.45, 7) is 14.2. The van der Waals surface area contributed by atoms with E-state index in [9.17, 15) is 27.6 Å². The molecule has 0 spiro atoms. The first-order valence-electron chi connectivity index (χ1n) is 19.1. The third-order valence-electron chi connectivity index (χ3n) is 10.7. The fourth-order valence-corrected chi connectivity index (χ4v) is 10.1. The number of hydrogen-bond acceptors (Lipinski definition) is 11. The van der Waals surface area contributed by atoms with Crippen molar-refractivity contribution in [3.8, 4) is 11.6 Å². The minimum absolute atomic E-state index is 0.0287. The summed E-state index contributed by atoms with van der Waals surface area (Å²) in [5.74, 6) is -1.87. The fraction of sp³-hybridized carbons (Fsp3) is 0.488. The van der Waals surface area contributed by atoms with Crippen LogP contribution in [-0.4, -0.2) is 90.3 Å². The van der Waals surface area contributed by atoms with Crippen LogP contribution in [0.5, 0.6) is 11.6 Å². The van der Waals surface area contributed by atoms with E-state index in [1.165, 1.54) is 11.0 Å². The van der Waals surface area contributed by atoms with Gasteiger partial charge in [0.25, 0.3) is 5.91 Å². The van der Waals surface area contributed by atoms with Crippen molar-refractivity contribution in [3.05, 3.63) is 54.1 Å². The van der Waals surface area contributed by atoms with Gasteiger partial charge in [0.2, 0.25) is 27.7 Å². The Morgan fingerprint density at radius 2 is 1.78 bits per heavy atom. The topological polar surface area (TPSA) is 182 Å². The number of thiophene rings is 1. The molecule has 3 fully saturated rings. The number of halogens is 1. The number of fused-ring (bicyclic) bond motifs is 5. The number of sulfonamides is 1. The lowest BCUT2D eigenvalue weighted by molar-refractivity contribution is -0.143. The van der Waals surface area contributed by atoms with E-state index < -0.39 is 79.7 Å². The van der Waals surface area contributed by atoms with Gasteiger partial charge in [0.05, 0.1) is 29.1 Å². The van der Waals surface area contributed by atoms with E-state index in [2.05, 4.69) is 21.9 Å². The fourth-order valence-electron chi connectivity index (χ4n) is 7.42. The molecule has 58 heavy (non-hydrogen) atoms. The second kappa shape index (κ2) is 14.9. The number of aromatic nitrogens is 1. The molecule has 4 aromatic rings. The van der Waals surface area contributed by atoms with Crippen molar-refractivity contribution in [2.75, 3.05) is 13.7 Å². The van der Waals surface area contributed by atoms with Gasteiger partial charge in [-0.3, -0.25) is 19.1 Å². The smallest absolute Gasteiger partial charge is 0.408 e. The number of amides is 4. The van der Waals surface area contributed by atoms with Crippen molar-refractivity contribution < 1.29 is 41.8 Å². The van der Waals surface area contributed by atoms with Crippen LogP contribution in [0.3, 0.4) is 0 Å². The highest BCUT2D eigenvalue weighted by molar-refractivity contribution is 7.91. The SMILES string of the molecule is C=C[C@@H]1C[C@]1(NC(=O)[C@@H]1C[C@@H](Oc2nc3c4cc(Cl)ccc4sc3c3ccc(OC)cc23)CN1C(=O)[C@@H](NC(=O)OC(C)(C)C)C(C)(C)C)C(=O)NS(=O)(=O)C1CC1. The summed E-state index contributed by atoms with van der Waals surface area (Å²) in [6, 6.07) is 8.84. The summed E-state index contributed by atoms with van der Waals surface area (Å²) in [5, 5.41) is 7.75. The van der Waals surface area contributed by atoms with Gasteiger partial charge in [-0.2, -0.15) is 0 Å². The number of nitrogens with one attached hydrogen (secondary N) is 3. The molecular weight excluding hydrogens is 806 g/mol. The summed E-state index contributed by atoms with van der Waals surface area (Å²) in [4.78, 5) is 62.3. The van der Waals surface area contributed by atoms with E-state index in [4.69, 9.17) is 30.8 Å². The molecule has 2 aliphatic carbocycles. The average Bonchev–Trinajstić information content (AvgIpc) is 4.05. The molecule has 0 radical (unpaired) electrons. The Hall–Kier alpha value is -4.67. The molecule has 7 rings (SSSR count). The van der Waals surface area contributed by atoms with Crippen LogP contribution in [0.4, 0.5) is 4.79 Å². The lowest BCUT2D eigenvalue weighted by atomic mass is 9.85. The molecule has 3 heterocycles. The largest absolute Gasteiger partial charge is 0.497 e.